The number of carbonyl (C=O) groups is 2. The summed E-state index contributed by atoms with van der Waals surface area (Å²) in [5.74, 6) is 0.633. The number of nitrogens with zero attached hydrogens (tertiary/aromatic N) is 1. The van der Waals surface area contributed by atoms with Crippen molar-refractivity contribution in [3.05, 3.63) is 64.6 Å². The number of benzene rings is 3. The molecule has 3 aromatic carbocycles. The standard InChI is InChI=1S/C29H31BrN2O5/c1-4-18(2)27(33)31-26-28(34)32(23-7-5-6-8-25(23)37-29(26)13-14-36-17-29)16-22-21-11-10-20(30)15-19(21)9-12-24(22)35-3/h5-12,15,18,26H,4,13-14,16-17H2,1-3H3,(H,31,33)/t18-,26-,29-/m1/s1. The first-order valence-electron chi connectivity index (χ1n) is 12.6. The van der Waals surface area contributed by atoms with Gasteiger partial charge < -0.3 is 24.4 Å². The van der Waals surface area contributed by atoms with Crippen LogP contribution in [0, 0.1) is 5.92 Å². The van der Waals surface area contributed by atoms with Crippen molar-refractivity contribution in [2.24, 2.45) is 5.92 Å². The number of amides is 2. The van der Waals surface area contributed by atoms with Crippen LogP contribution in [0.5, 0.6) is 11.5 Å². The molecule has 3 aromatic rings. The molecule has 0 saturated carbocycles. The molecule has 2 aliphatic heterocycles. The topological polar surface area (TPSA) is 77.1 Å². The molecule has 2 amide bonds. The van der Waals surface area contributed by atoms with Gasteiger partial charge in [-0.3, -0.25) is 9.59 Å². The molecule has 2 aliphatic rings. The van der Waals surface area contributed by atoms with Crippen LogP contribution in [0.15, 0.2) is 59.1 Å². The van der Waals surface area contributed by atoms with Crippen LogP contribution in [0.25, 0.3) is 10.8 Å². The highest BCUT2D eigenvalue weighted by Gasteiger charge is 2.53. The molecule has 0 radical (unpaired) electrons. The summed E-state index contributed by atoms with van der Waals surface area (Å²) in [6.07, 6.45) is 1.17. The van der Waals surface area contributed by atoms with Gasteiger partial charge in [0.05, 0.1) is 32.6 Å². The van der Waals surface area contributed by atoms with Gasteiger partial charge in [0, 0.05) is 22.4 Å². The Labute approximate surface area is 225 Å². The van der Waals surface area contributed by atoms with Crippen molar-refractivity contribution in [2.75, 3.05) is 25.2 Å². The number of hydrogen-bond acceptors (Lipinski definition) is 5. The van der Waals surface area contributed by atoms with E-state index in [1.54, 1.807) is 12.0 Å². The first-order valence-corrected chi connectivity index (χ1v) is 13.4. The Morgan fingerprint density at radius 1 is 1.24 bits per heavy atom. The molecule has 5 rings (SSSR count). The lowest BCUT2D eigenvalue weighted by Gasteiger charge is -2.35. The third-order valence-electron chi connectivity index (χ3n) is 7.46. The Morgan fingerprint density at radius 3 is 2.78 bits per heavy atom. The molecular formula is C29H31BrN2O5. The number of rotatable bonds is 6. The molecule has 8 heteroatoms. The van der Waals surface area contributed by atoms with E-state index >= 15 is 0 Å². The lowest BCUT2D eigenvalue weighted by molar-refractivity contribution is -0.134. The van der Waals surface area contributed by atoms with Crippen LogP contribution in [0.2, 0.25) is 0 Å². The molecule has 0 aromatic heterocycles. The first kappa shape index (κ1) is 25.5. The monoisotopic (exact) mass is 566 g/mol. The fraction of sp³-hybridized carbons (Fsp3) is 0.379. The van der Waals surface area contributed by atoms with E-state index in [1.807, 2.05) is 68.4 Å². The molecule has 1 fully saturated rings. The highest BCUT2D eigenvalue weighted by atomic mass is 79.9. The molecule has 1 saturated heterocycles. The molecule has 0 bridgehead atoms. The molecule has 0 aliphatic carbocycles. The summed E-state index contributed by atoms with van der Waals surface area (Å²) >= 11 is 3.55. The lowest BCUT2D eigenvalue weighted by atomic mass is 9.90. The van der Waals surface area contributed by atoms with Crippen molar-refractivity contribution in [1.82, 2.24) is 5.32 Å². The SMILES string of the molecule is CC[C@@H](C)C(=O)N[C@@H]1C(=O)N(Cc2c(OC)ccc3cc(Br)ccc23)c2ccccc2O[C@@]12CCOC2. The van der Waals surface area contributed by atoms with Gasteiger partial charge in [0.25, 0.3) is 5.91 Å². The van der Waals surface area contributed by atoms with Crippen molar-refractivity contribution in [2.45, 2.75) is 44.9 Å². The summed E-state index contributed by atoms with van der Waals surface area (Å²) in [5, 5.41) is 5.05. The fourth-order valence-electron chi connectivity index (χ4n) is 5.10. The Bertz CT molecular complexity index is 1340. The van der Waals surface area contributed by atoms with Gasteiger partial charge in [-0.15, -0.1) is 0 Å². The van der Waals surface area contributed by atoms with Crippen LogP contribution in [0.4, 0.5) is 5.69 Å². The van der Waals surface area contributed by atoms with Gasteiger partial charge in [-0.05, 0) is 47.5 Å². The summed E-state index contributed by atoms with van der Waals surface area (Å²) in [5.41, 5.74) is 0.537. The van der Waals surface area contributed by atoms with E-state index in [0.29, 0.717) is 36.6 Å². The summed E-state index contributed by atoms with van der Waals surface area (Å²) in [4.78, 5) is 29.2. The number of anilines is 1. The third kappa shape index (κ3) is 4.68. The Kier molecular flexibility index (Phi) is 7.14. The maximum Gasteiger partial charge on any atom is 0.254 e. The number of ether oxygens (including phenoxy) is 3. The minimum absolute atomic E-state index is 0.172. The van der Waals surface area contributed by atoms with E-state index in [0.717, 1.165) is 20.8 Å². The summed E-state index contributed by atoms with van der Waals surface area (Å²) in [6.45, 7) is 4.74. The zero-order valence-corrected chi connectivity index (χ0v) is 22.8. The van der Waals surface area contributed by atoms with Gasteiger partial charge >= 0.3 is 0 Å². The molecule has 2 heterocycles. The predicted octanol–water partition coefficient (Wildman–Crippen LogP) is 5.23. The molecule has 1 N–H and O–H groups in total. The highest BCUT2D eigenvalue weighted by molar-refractivity contribution is 9.10. The quantitative estimate of drug-likeness (QED) is 0.442. The minimum Gasteiger partial charge on any atom is -0.496 e. The van der Waals surface area contributed by atoms with Gasteiger partial charge in [-0.2, -0.15) is 0 Å². The molecule has 37 heavy (non-hydrogen) atoms. The Balaban J connectivity index is 1.64. The smallest absolute Gasteiger partial charge is 0.254 e. The molecule has 7 nitrogen and oxygen atoms in total. The van der Waals surface area contributed by atoms with Crippen LogP contribution in [0.1, 0.15) is 32.3 Å². The van der Waals surface area contributed by atoms with E-state index in [2.05, 4.69) is 21.2 Å². The normalized spacial score (nSPS) is 21.9. The second-order valence-electron chi connectivity index (χ2n) is 9.72. The second kappa shape index (κ2) is 10.3. The zero-order valence-electron chi connectivity index (χ0n) is 21.3. The maximum atomic E-state index is 14.4. The van der Waals surface area contributed by atoms with Crippen LogP contribution >= 0.6 is 15.9 Å². The van der Waals surface area contributed by atoms with Crippen LogP contribution in [-0.2, 0) is 20.9 Å². The third-order valence-corrected chi connectivity index (χ3v) is 7.95. The lowest BCUT2D eigenvalue weighted by Crippen LogP contribution is -2.63. The van der Waals surface area contributed by atoms with Crippen molar-refractivity contribution in [1.29, 1.82) is 0 Å². The van der Waals surface area contributed by atoms with Gasteiger partial charge in [0.2, 0.25) is 5.91 Å². The van der Waals surface area contributed by atoms with Crippen LogP contribution < -0.4 is 19.7 Å². The molecule has 3 atom stereocenters. The fourth-order valence-corrected chi connectivity index (χ4v) is 5.48. The molecule has 194 valence electrons. The van der Waals surface area contributed by atoms with Gasteiger partial charge in [0.15, 0.2) is 11.6 Å². The van der Waals surface area contributed by atoms with E-state index in [-0.39, 0.29) is 30.9 Å². The number of hydrogen-bond donors (Lipinski definition) is 1. The van der Waals surface area contributed by atoms with Crippen molar-refractivity contribution in [3.63, 3.8) is 0 Å². The second-order valence-corrected chi connectivity index (χ2v) is 10.6. The average Bonchev–Trinajstić information content (AvgIpc) is 3.35. The van der Waals surface area contributed by atoms with Crippen molar-refractivity contribution < 1.29 is 23.8 Å². The van der Waals surface area contributed by atoms with Crippen LogP contribution in [-0.4, -0.2) is 43.8 Å². The number of fused-ring (bicyclic) bond motifs is 2. The van der Waals surface area contributed by atoms with E-state index < -0.39 is 11.6 Å². The number of halogens is 1. The maximum absolute atomic E-state index is 14.4. The largest absolute Gasteiger partial charge is 0.496 e. The Hall–Kier alpha value is -3.10. The average molecular weight is 567 g/mol. The molecule has 1 spiro atoms. The summed E-state index contributed by atoms with van der Waals surface area (Å²) < 4.78 is 19.0. The molecular weight excluding hydrogens is 536 g/mol. The van der Waals surface area contributed by atoms with Crippen molar-refractivity contribution >= 4 is 44.2 Å². The van der Waals surface area contributed by atoms with Gasteiger partial charge in [-0.1, -0.05) is 54.0 Å². The highest BCUT2D eigenvalue weighted by Crippen LogP contribution is 2.42. The van der Waals surface area contributed by atoms with Gasteiger partial charge in [-0.25, -0.2) is 0 Å². The van der Waals surface area contributed by atoms with E-state index in [9.17, 15) is 9.59 Å². The van der Waals surface area contributed by atoms with Crippen LogP contribution in [0.3, 0.4) is 0 Å². The first-order chi connectivity index (χ1) is 17.9. The van der Waals surface area contributed by atoms with Gasteiger partial charge in [0.1, 0.15) is 11.5 Å². The summed E-state index contributed by atoms with van der Waals surface area (Å²) in [7, 11) is 1.63. The zero-order chi connectivity index (χ0) is 26.2. The number of methoxy groups -OCH3 is 1. The number of carbonyl (C=O) groups excluding carboxylic acids is 2. The van der Waals surface area contributed by atoms with E-state index in [4.69, 9.17) is 14.2 Å². The summed E-state index contributed by atoms with van der Waals surface area (Å²) in [6, 6.07) is 16.6. The number of para-hydroxylation sites is 2. The minimum atomic E-state index is -0.987. The number of nitrogens with one attached hydrogen (secondary N) is 1. The van der Waals surface area contributed by atoms with Crippen molar-refractivity contribution in [3.8, 4) is 11.5 Å². The Morgan fingerprint density at radius 2 is 2.05 bits per heavy atom. The van der Waals surface area contributed by atoms with E-state index in [1.165, 1.54) is 0 Å². The predicted molar refractivity (Wildman–Crippen MR) is 146 cm³/mol. The molecule has 0 unspecified atom stereocenters.